The molecular weight excluding hydrogens is 242 g/mol. The number of amides is 1. The molecule has 19 heavy (non-hydrogen) atoms. The summed E-state index contributed by atoms with van der Waals surface area (Å²) >= 11 is 0. The lowest BCUT2D eigenvalue weighted by molar-refractivity contribution is -0.122. The molecule has 0 saturated heterocycles. The Hall–Kier alpha value is -1.81. The van der Waals surface area contributed by atoms with Gasteiger partial charge in [-0.05, 0) is 30.0 Å². The largest absolute Gasteiger partial charge is 0.468 e. The Balaban J connectivity index is 1.87. The molecule has 1 aliphatic carbocycles. The van der Waals surface area contributed by atoms with Crippen LogP contribution in [-0.2, 0) is 9.53 Å². The smallest absolute Gasteiger partial charge is 0.223 e. The summed E-state index contributed by atoms with van der Waals surface area (Å²) in [6.45, 7) is 4.36. The summed E-state index contributed by atoms with van der Waals surface area (Å²) in [4.78, 5) is 11.8. The fourth-order valence-electron chi connectivity index (χ4n) is 2.10. The van der Waals surface area contributed by atoms with Crippen molar-refractivity contribution in [3.8, 4) is 5.75 Å². The zero-order valence-electron chi connectivity index (χ0n) is 11.1. The van der Waals surface area contributed by atoms with E-state index in [1.807, 2.05) is 24.3 Å². The molecule has 1 fully saturated rings. The molecule has 0 radical (unpaired) electrons. The first-order valence-corrected chi connectivity index (χ1v) is 6.36. The molecular formula is C15H19NO3. The van der Waals surface area contributed by atoms with Gasteiger partial charge in [0, 0.05) is 19.6 Å². The quantitative estimate of drug-likeness (QED) is 0.604. The molecule has 4 nitrogen and oxygen atoms in total. The van der Waals surface area contributed by atoms with Gasteiger partial charge in [-0.15, -0.1) is 6.58 Å². The fourth-order valence-corrected chi connectivity index (χ4v) is 2.10. The van der Waals surface area contributed by atoms with Crippen molar-refractivity contribution in [3.63, 3.8) is 0 Å². The standard InChI is InChI=1S/C15H19NO3/c1-3-8-16-15(17)14-9-13(14)11-4-6-12(7-5-11)19-10-18-2/h3-7,13-14H,1,8-10H2,2H3,(H,16,17). The first kappa shape index (κ1) is 13.6. The van der Waals surface area contributed by atoms with E-state index < -0.39 is 0 Å². The van der Waals surface area contributed by atoms with E-state index in [0.29, 0.717) is 12.5 Å². The second-order valence-electron chi connectivity index (χ2n) is 4.60. The topological polar surface area (TPSA) is 47.6 Å². The molecule has 1 saturated carbocycles. The molecule has 0 bridgehead atoms. The van der Waals surface area contributed by atoms with Crippen molar-refractivity contribution >= 4 is 5.91 Å². The van der Waals surface area contributed by atoms with E-state index in [1.54, 1.807) is 13.2 Å². The maximum Gasteiger partial charge on any atom is 0.223 e. The van der Waals surface area contributed by atoms with Gasteiger partial charge in [0.25, 0.3) is 0 Å². The van der Waals surface area contributed by atoms with Gasteiger partial charge in [0.1, 0.15) is 5.75 Å². The van der Waals surface area contributed by atoms with Gasteiger partial charge in [-0.1, -0.05) is 18.2 Å². The number of rotatable bonds is 7. The third-order valence-electron chi connectivity index (χ3n) is 3.20. The summed E-state index contributed by atoms with van der Waals surface area (Å²) in [5.41, 5.74) is 1.18. The molecule has 1 aromatic carbocycles. The third-order valence-corrected chi connectivity index (χ3v) is 3.20. The summed E-state index contributed by atoms with van der Waals surface area (Å²) < 4.78 is 10.2. The average molecular weight is 261 g/mol. The number of benzene rings is 1. The van der Waals surface area contributed by atoms with Crippen LogP contribution in [0.25, 0.3) is 0 Å². The van der Waals surface area contributed by atoms with E-state index in [9.17, 15) is 4.79 Å². The van der Waals surface area contributed by atoms with Gasteiger partial charge in [-0.3, -0.25) is 4.79 Å². The van der Waals surface area contributed by atoms with E-state index in [1.165, 1.54) is 5.56 Å². The van der Waals surface area contributed by atoms with Crippen LogP contribution in [0.2, 0.25) is 0 Å². The highest BCUT2D eigenvalue weighted by Gasteiger charge is 2.43. The molecule has 1 aromatic rings. The lowest BCUT2D eigenvalue weighted by Gasteiger charge is -2.06. The molecule has 102 valence electrons. The SMILES string of the molecule is C=CCNC(=O)C1CC1c1ccc(OCOC)cc1. The number of methoxy groups -OCH3 is 1. The van der Waals surface area contributed by atoms with Gasteiger partial charge >= 0.3 is 0 Å². The molecule has 2 atom stereocenters. The fraction of sp³-hybridized carbons (Fsp3) is 0.400. The Labute approximate surface area is 113 Å². The van der Waals surface area contributed by atoms with Crippen LogP contribution in [0.3, 0.4) is 0 Å². The van der Waals surface area contributed by atoms with Gasteiger partial charge in [0.2, 0.25) is 5.91 Å². The lowest BCUT2D eigenvalue weighted by atomic mass is 10.1. The first-order chi connectivity index (χ1) is 9.26. The second-order valence-corrected chi connectivity index (χ2v) is 4.60. The molecule has 0 aromatic heterocycles. The minimum Gasteiger partial charge on any atom is -0.468 e. The predicted octanol–water partition coefficient (Wildman–Crippen LogP) is 2.08. The molecule has 2 rings (SSSR count). The second kappa shape index (κ2) is 6.38. The van der Waals surface area contributed by atoms with Crippen molar-refractivity contribution in [1.82, 2.24) is 5.32 Å². The lowest BCUT2D eigenvalue weighted by Crippen LogP contribution is -2.25. The number of hydrogen-bond donors (Lipinski definition) is 1. The zero-order valence-corrected chi connectivity index (χ0v) is 11.1. The number of carbonyl (C=O) groups is 1. The van der Waals surface area contributed by atoms with Crippen molar-refractivity contribution in [3.05, 3.63) is 42.5 Å². The first-order valence-electron chi connectivity index (χ1n) is 6.36. The van der Waals surface area contributed by atoms with Crippen LogP contribution in [0.5, 0.6) is 5.75 Å². The Morgan fingerprint density at radius 3 is 2.84 bits per heavy atom. The maximum atomic E-state index is 11.8. The zero-order chi connectivity index (χ0) is 13.7. The van der Waals surface area contributed by atoms with E-state index in [4.69, 9.17) is 9.47 Å². The summed E-state index contributed by atoms with van der Waals surface area (Å²) in [6.07, 6.45) is 2.61. The Kier molecular flexibility index (Phi) is 4.58. The van der Waals surface area contributed by atoms with E-state index in [0.717, 1.165) is 12.2 Å². The maximum absolute atomic E-state index is 11.8. The summed E-state index contributed by atoms with van der Waals surface area (Å²) in [7, 11) is 1.59. The third kappa shape index (κ3) is 3.58. The van der Waals surface area contributed by atoms with Crippen molar-refractivity contribution in [1.29, 1.82) is 0 Å². The van der Waals surface area contributed by atoms with Crippen molar-refractivity contribution in [2.75, 3.05) is 20.4 Å². The summed E-state index contributed by atoms with van der Waals surface area (Å²) in [5.74, 6) is 1.33. The van der Waals surface area contributed by atoms with Gasteiger partial charge in [0.05, 0.1) is 0 Å². The molecule has 4 heteroatoms. The van der Waals surface area contributed by atoms with Gasteiger partial charge < -0.3 is 14.8 Å². The number of carbonyl (C=O) groups excluding carboxylic acids is 1. The highest BCUT2D eigenvalue weighted by atomic mass is 16.7. The number of hydrogen-bond acceptors (Lipinski definition) is 3. The highest BCUT2D eigenvalue weighted by Crippen LogP contribution is 2.47. The van der Waals surface area contributed by atoms with Crippen LogP contribution in [0.4, 0.5) is 0 Å². The van der Waals surface area contributed by atoms with Crippen LogP contribution in [0.15, 0.2) is 36.9 Å². The minimum atomic E-state index is 0.102. The van der Waals surface area contributed by atoms with Gasteiger partial charge in [-0.25, -0.2) is 0 Å². The monoisotopic (exact) mass is 261 g/mol. The van der Waals surface area contributed by atoms with Crippen LogP contribution >= 0.6 is 0 Å². The van der Waals surface area contributed by atoms with E-state index in [2.05, 4.69) is 11.9 Å². The normalized spacial score (nSPS) is 20.7. The molecule has 1 N–H and O–H groups in total. The highest BCUT2D eigenvalue weighted by molar-refractivity contribution is 5.83. The minimum absolute atomic E-state index is 0.102. The molecule has 1 amide bonds. The van der Waals surface area contributed by atoms with Crippen LogP contribution in [-0.4, -0.2) is 26.4 Å². The molecule has 0 aliphatic heterocycles. The van der Waals surface area contributed by atoms with Crippen molar-refractivity contribution < 1.29 is 14.3 Å². The molecule has 0 heterocycles. The van der Waals surface area contributed by atoms with Crippen LogP contribution in [0.1, 0.15) is 17.9 Å². The molecule has 0 spiro atoms. The molecule has 2 unspecified atom stereocenters. The van der Waals surface area contributed by atoms with E-state index >= 15 is 0 Å². The van der Waals surface area contributed by atoms with Crippen molar-refractivity contribution in [2.24, 2.45) is 5.92 Å². The Morgan fingerprint density at radius 2 is 2.21 bits per heavy atom. The molecule has 1 aliphatic rings. The summed E-state index contributed by atoms with van der Waals surface area (Å²) in [5, 5.41) is 2.84. The predicted molar refractivity (Wildman–Crippen MR) is 73.0 cm³/mol. The number of ether oxygens (including phenoxy) is 2. The van der Waals surface area contributed by atoms with E-state index in [-0.39, 0.29) is 18.6 Å². The van der Waals surface area contributed by atoms with Gasteiger partial charge in [0.15, 0.2) is 6.79 Å². The summed E-state index contributed by atoms with van der Waals surface area (Å²) in [6, 6.07) is 7.84. The van der Waals surface area contributed by atoms with Crippen LogP contribution in [0, 0.1) is 5.92 Å². The van der Waals surface area contributed by atoms with Crippen molar-refractivity contribution in [2.45, 2.75) is 12.3 Å². The van der Waals surface area contributed by atoms with Crippen LogP contribution < -0.4 is 10.1 Å². The van der Waals surface area contributed by atoms with Gasteiger partial charge in [-0.2, -0.15) is 0 Å². The Bertz CT molecular complexity index is 441. The Morgan fingerprint density at radius 1 is 1.47 bits per heavy atom. The average Bonchev–Trinajstić information content (AvgIpc) is 3.23. The number of nitrogens with one attached hydrogen (secondary N) is 1.